The van der Waals surface area contributed by atoms with Crippen molar-refractivity contribution in [1.29, 1.82) is 0 Å². The van der Waals surface area contributed by atoms with Gasteiger partial charge in [0, 0.05) is 18.3 Å². The van der Waals surface area contributed by atoms with Gasteiger partial charge in [0.05, 0.1) is 9.82 Å². The van der Waals surface area contributed by atoms with Crippen molar-refractivity contribution in [2.75, 3.05) is 0 Å². The third kappa shape index (κ3) is 3.27. The maximum atomic E-state index is 11.9. The van der Waals surface area contributed by atoms with Crippen LogP contribution in [0, 0.1) is 10.1 Å². The van der Waals surface area contributed by atoms with Gasteiger partial charge in [-0.3, -0.25) is 10.1 Å². The highest BCUT2D eigenvalue weighted by Crippen LogP contribution is 2.13. The average Bonchev–Trinajstić information content (AvgIpc) is 2.46. The Morgan fingerprint density at radius 2 is 1.60 bits per heavy atom. The summed E-state index contributed by atoms with van der Waals surface area (Å²) in [4.78, 5) is 10.1. The predicted molar refractivity (Wildman–Crippen MR) is 74.3 cm³/mol. The molecule has 0 spiro atoms. The Hall–Kier alpha value is -2.54. The molecule has 0 unspecified atom stereocenters. The molecule has 2 aromatic rings. The molecule has 20 heavy (non-hydrogen) atoms. The van der Waals surface area contributed by atoms with Crippen molar-refractivity contribution in [2.24, 2.45) is 4.40 Å². The summed E-state index contributed by atoms with van der Waals surface area (Å²) in [5, 5.41) is 10.5. The normalized spacial score (nSPS) is 11.6. The summed E-state index contributed by atoms with van der Waals surface area (Å²) in [6.07, 6.45) is 1.16. The Kier molecular flexibility index (Phi) is 3.90. The first-order valence-electron chi connectivity index (χ1n) is 5.59. The summed E-state index contributed by atoms with van der Waals surface area (Å²) in [6.45, 7) is 0. The SMILES string of the molecule is O=[N+]([O-])c1ccc(C=NS(=O)(=O)c2ccccc2)cc1. The molecule has 102 valence electrons. The second-order valence-electron chi connectivity index (χ2n) is 3.87. The number of nitrogens with zero attached hydrogens (tertiary/aromatic N) is 2. The van der Waals surface area contributed by atoms with Crippen molar-refractivity contribution >= 4 is 21.9 Å². The summed E-state index contributed by atoms with van der Waals surface area (Å²) >= 11 is 0. The van der Waals surface area contributed by atoms with Gasteiger partial charge in [-0.1, -0.05) is 18.2 Å². The fourth-order valence-electron chi connectivity index (χ4n) is 1.47. The molecule has 0 heterocycles. The van der Waals surface area contributed by atoms with Crippen LogP contribution in [-0.2, 0) is 10.0 Å². The van der Waals surface area contributed by atoms with Gasteiger partial charge >= 0.3 is 0 Å². The summed E-state index contributed by atoms with van der Waals surface area (Å²) in [5.41, 5.74) is 0.406. The Labute approximate surface area is 115 Å². The monoisotopic (exact) mass is 290 g/mol. The largest absolute Gasteiger partial charge is 0.282 e. The molecule has 0 aliphatic carbocycles. The third-order valence-corrected chi connectivity index (χ3v) is 3.74. The zero-order valence-electron chi connectivity index (χ0n) is 10.2. The zero-order chi connectivity index (χ0) is 14.6. The number of hydrogen-bond donors (Lipinski definition) is 0. The van der Waals surface area contributed by atoms with Gasteiger partial charge in [-0.25, -0.2) is 0 Å². The Morgan fingerprint density at radius 1 is 1.00 bits per heavy atom. The standard InChI is InChI=1S/C13H10N2O4S/c16-15(17)12-8-6-11(7-9-12)10-14-20(18,19)13-4-2-1-3-5-13/h1-10H. The average molecular weight is 290 g/mol. The zero-order valence-corrected chi connectivity index (χ0v) is 11.0. The van der Waals surface area contributed by atoms with Crippen LogP contribution in [-0.4, -0.2) is 19.6 Å². The number of nitro groups is 1. The van der Waals surface area contributed by atoms with E-state index in [1.165, 1.54) is 36.4 Å². The number of nitro benzene ring substituents is 1. The fourth-order valence-corrected chi connectivity index (χ4v) is 2.35. The third-order valence-electron chi connectivity index (χ3n) is 2.49. The Balaban J connectivity index is 2.23. The van der Waals surface area contributed by atoms with E-state index < -0.39 is 14.9 Å². The van der Waals surface area contributed by atoms with Crippen LogP contribution in [0.1, 0.15) is 5.56 Å². The van der Waals surface area contributed by atoms with Crippen molar-refractivity contribution in [3.63, 3.8) is 0 Å². The summed E-state index contributed by atoms with van der Waals surface area (Å²) in [6, 6.07) is 13.3. The Morgan fingerprint density at radius 3 is 2.15 bits per heavy atom. The van der Waals surface area contributed by atoms with E-state index in [0.29, 0.717) is 5.56 Å². The van der Waals surface area contributed by atoms with Crippen LogP contribution < -0.4 is 0 Å². The molecule has 0 saturated carbocycles. The quantitative estimate of drug-likeness (QED) is 0.491. The van der Waals surface area contributed by atoms with Crippen LogP contribution in [0.5, 0.6) is 0 Å². The smallest absolute Gasteiger partial charge is 0.258 e. The van der Waals surface area contributed by atoms with Crippen molar-refractivity contribution in [3.05, 3.63) is 70.3 Å². The highest BCUT2D eigenvalue weighted by molar-refractivity contribution is 7.90. The molecule has 7 heteroatoms. The van der Waals surface area contributed by atoms with Gasteiger partial charge in [-0.2, -0.15) is 12.8 Å². The van der Waals surface area contributed by atoms with E-state index in [2.05, 4.69) is 4.40 Å². The highest BCUT2D eigenvalue weighted by atomic mass is 32.2. The maximum absolute atomic E-state index is 11.9. The van der Waals surface area contributed by atoms with Crippen LogP contribution in [0.4, 0.5) is 5.69 Å². The van der Waals surface area contributed by atoms with Crippen LogP contribution in [0.25, 0.3) is 0 Å². The number of non-ortho nitro benzene ring substituents is 1. The minimum Gasteiger partial charge on any atom is -0.258 e. The molecule has 0 saturated heterocycles. The van der Waals surface area contributed by atoms with E-state index in [4.69, 9.17) is 0 Å². The topological polar surface area (TPSA) is 89.6 Å². The molecule has 0 aliphatic heterocycles. The molecule has 0 fully saturated rings. The van der Waals surface area contributed by atoms with Gasteiger partial charge < -0.3 is 0 Å². The molecule has 0 N–H and O–H groups in total. The molecule has 0 atom stereocenters. The van der Waals surface area contributed by atoms with E-state index in [1.807, 2.05) is 0 Å². The molecule has 2 aromatic carbocycles. The molecule has 0 aliphatic rings. The lowest BCUT2D eigenvalue weighted by Crippen LogP contribution is -1.97. The molecular weight excluding hydrogens is 280 g/mol. The molecule has 6 nitrogen and oxygen atoms in total. The summed E-state index contributed by atoms with van der Waals surface area (Å²) < 4.78 is 27.3. The van der Waals surface area contributed by atoms with Crippen LogP contribution in [0.2, 0.25) is 0 Å². The molecular formula is C13H10N2O4S. The first-order chi connectivity index (χ1) is 9.49. The van der Waals surface area contributed by atoms with Gasteiger partial charge in [0.2, 0.25) is 0 Å². The lowest BCUT2D eigenvalue weighted by molar-refractivity contribution is -0.384. The molecule has 0 amide bonds. The van der Waals surface area contributed by atoms with E-state index in [0.717, 1.165) is 6.21 Å². The van der Waals surface area contributed by atoms with Crippen LogP contribution in [0.3, 0.4) is 0 Å². The van der Waals surface area contributed by atoms with Gasteiger partial charge in [-0.05, 0) is 29.8 Å². The molecule has 2 rings (SSSR count). The number of rotatable bonds is 4. The second-order valence-corrected chi connectivity index (χ2v) is 5.50. The van der Waals surface area contributed by atoms with Gasteiger partial charge in [0.1, 0.15) is 0 Å². The van der Waals surface area contributed by atoms with E-state index in [1.54, 1.807) is 18.2 Å². The first kappa shape index (κ1) is 13.9. The van der Waals surface area contributed by atoms with Gasteiger partial charge in [0.25, 0.3) is 15.7 Å². The Bertz CT molecular complexity index is 738. The van der Waals surface area contributed by atoms with Crippen molar-refractivity contribution in [3.8, 4) is 0 Å². The number of sulfonamides is 1. The lowest BCUT2D eigenvalue weighted by Gasteiger charge is -1.97. The lowest BCUT2D eigenvalue weighted by atomic mass is 10.2. The van der Waals surface area contributed by atoms with Gasteiger partial charge in [0.15, 0.2) is 0 Å². The second kappa shape index (κ2) is 5.62. The summed E-state index contributed by atoms with van der Waals surface area (Å²) in [5.74, 6) is 0. The minimum absolute atomic E-state index is 0.0620. The molecule has 0 aromatic heterocycles. The van der Waals surface area contributed by atoms with E-state index >= 15 is 0 Å². The first-order valence-corrected chi connectivity index (χ1v) is 7.03. The summed E-state index contributed by atoms with van der Waals surface area (Å²) in [7, 11) is -3.75. The number of hydrogen-bond acceptors (Lipinski definition) is 4. The molecule has 0 radical (unpaired) electrons. The number of benzene rings is 2. The highest BCUT2D eigenvalue weighted by Gasteiger charge is 2.10. The fraction of sp³-hybridized carbons (Fsp3) is 0. The van der Waals surface area contributed by atoms with Crippen LogP contribution >= 0.6 is 0 Å². The predicted octanol–water partition coefficient (Wildman–Crippen LogP) is 2.40. The van der Waals surface area contributed by atoms with E-state index in [9.17, 15) is 18.5 Å². The maximum Gasteiger partial charge on any atom is 0.282 e. The van der Waals surface area contributed by atoms with Gasteiger partial charge in [-0.15, -0.1) is 0 Å². The van der Waals surface area contributed by atoms with E-state index in [-0.39, 0.29) is 10.6 Å². The van der Waals surface area contributed by atoms with Crippen molar-refractivity contribution in [1.82, 2.24) is 0 Å². The van der Waals surface area contributed by atoms with Crippen molar-refractivity contribution < 1.29 is 13.3 Å². The van der Waals surface area contributed by atoms with Crippen molar-refractivity contribution in [2.45, 2.75) is 4.90 Å². The molecule has 0 bridgehead atoms. The van der Waals surface area contributed by atoms with Crippen LogP contribution in [0.15, 0.2) is 63.9 Å². The minimum atomic E-state index is -3.75.